The Balaban J connectivity index is 2.26. The average Bonchev–Trinajstić information content (AvgIpc) is 2.75. The molecule has 2 aromatic carbocycles. The van der Waals surface area contributed by atoms with Gasteiger partial charge in [-0.2, -0.15) is 0 Å². The lowest BCUT2D eigenvalue weighted by Gasteiger charge is -2.14. The van der Waals surface area contributed by atoms with Crippen molar-refractivity contribution in [3.05, 3.63) is 64.0 Å². The molecule has 118 valence electrons. The number of carbonyl (C=O) groups is 2. The number of imide groups is 1. The highest BCUT2D eigenvalue weighted by molar-refractivity contribution is 6.34. The van der Waals surface area contributed by atoms with Crippen LogP contribution < -0.4 is 4.90 Å². The summed E-state index contributed by atoms with van der Waals surface area (Å²) in [6.45, 7) is 1.54. The number of hydrogen-bond donors (Lipinski definition) is 0. The van der Waals surface area contributed by atoms with Gasteiger partial charge in [0.15, 0.2) is 23.3 Å². The van der Waals surface area contributed by atoms with Gasteiger partial charge in [-0.15, -0.1) is 0 Å². The maximum absolute atomic E-state index is 14.0. The van der Waals surface area contributed by atoms with E-state index in [0.717, 1.165) is 12.1 Å². The van der Waals surface area contributed by atoms with Crippen molar-refractivity contribution in [3.63, 3.8) is 0 Å². The predicted octanol–water partition coefficient (Wildman–Crippen LogP) is 3.49. The van der Waals surface area contributed by atoms with Crippen molar-refractivity contribution in [2.24, 2.45) is 0 Å². The van der Waals surface area contributed by atoms with Crippen molar-refractivity contribution in [1.82, 2.24) is 0 Å². The third-order valence-corrected chi connectivity index (χ3v) is 3.45. The number of halogens is 5. The molecule has 0 aliphatic carbocycles. The minimum absolute atomic E-state index is 0.143. The lowest BCUT2D eigenvalue weighted by molar-refractivity contribution is 0.0922. The van der Waals surface area contributed by atoms with E-state index in [4.69, 9.17) is 0 Å². The molecule has 0 bridgehead atoms. The monoisotopic (exact) mass is 327 g/mol. The zero-order valence-electron chi connectivity index (χ0n) is 11.4. The van der Waals surface area contributed by atoms with Crippen molar-refractivity contribution in [1.29, 1.82) is 0 Å². The van der Waals surface area contributed by atoms with Gasteiger partial charge < -0.3 is 0 Å². The number of rotatable bonds is 1. The van der Waals surface area contributed by atoms with E-state index in [1.54, 1.807) is 6.92 Å². The van der Waals surface area contributed by atoms with Gasteiger partial charge in [-0.25, -0.2) is 26.9 Å². The molecular weight excluding hydrogens is 321 g/mol. The van der Waals surface area contributed by atoms with Crippen LogP contribution >= 0.6 is 0 Å². The van der Waals surface area contributed by atoms with Crippen LogP contribution in [0.5, 0.6) is 0 Å². The number of fused-ring (bicyclic) bond motifs is 1. The molecule has 2 amide bonds. The summed E-state index contributed by atoms with van der Waals surface area (Å²) in [5, 5.41) is 0. The maximum atomic E-state index is 14.0. The summed E-state index contributed by atoms with van der Waals surface area (Å²) in [5.74, 6) is -12.4. The number of nitrogens with zero attached hydrogens (tertiary/aromatic N) is 1. The number of aryl methyl sites for hydroxylation is 1. The van der Waals surface area contributed by atoms with E-state index in [9.17, 15) is 31.5 Å². The minimum Gasteiger partial charge on any atom is -0.268 e. The summed E-state index contributed by atoms with van der Waals surface area (Å²) in [7, 11) is 0. The molecule has 0 atom stereocenters. The van der Waals surface area contributed by atoms with Crippen LogP contribution in [0.4, 0.5) is 27.6 Å². The normalized spacial score (nSPS) is 13.7. The van der Waals surface area contributed by atoms with Crippen LogP contribution in [0.15, 0.2) is 18.2 Å². The predicted molar refractivity (Wildman–Crippen MR) is 68.6 cm³/mol. The number of amides is 2. The molecule has 0 spiro atoms. The van der Waals surface area contributed by atoms with Crippen molar-refractivity contribution in [2.45, 2.75) is 6.92 Å². The fourth-order valence-electron chi connectivity index (χ4n) is 2.36. The smallest absolute Gasteiger partial charge is 0.268 e. The molecule has 1 heterocycles. The lowest BCUT2D eigenvalue weighted by atomic mass is 10.1. The van der Waals surface area contributed by atoms with E-state index in [-0.39, 0.29) is 4.90 Å². The van der Waals surface area contributed by atoms with Gasteiger partial charge in [0.1, 0.15) is 5.82 Å². The molecule has 2 aromatic rings. The molecule has 3 rings (SSSR count). The van der Waals surface area contributed by atoms with Gasteiger partial charge in [0.05, 0.1) is 16.8 Å². The van der Waals surface area contributed by atoms with Crippen LogP contribution in [0.1, 0.15) is 26.3 Å². The molecule has 8 heteroatoms. The summed E-state index contributed by atoms with van der Waals surface area (Å²) < 4.78 is 68.0. The molecule has 0 saturated heterocycles. The van der Waals surface area contributed by atoms with Crippen LogP contribution in [-0.4, -0.2) is 11.8 Å². The number of anilines is 1. The van der Waals surface area contributed by atoms with E-state index in [1.165, 1.54) is 6.07 Å². The summed E-state index contributed by atoms with van der Waals surface area (Å²) in [6.07, 6.45) is 0. The highest BCUT2D eigenvalue weighted by Gasteiger charge is 2.45. The van der Waals surface area contributed by atoms with Gasteiger partial charge in [-0.3, -0.25) is 9.59 Å². The van der Waals surface area contributed by atoms with Gasteiger partial charge >= 0.3 is 0 Å². The quantitative estimate of drug-likeness (QED) is 0.348. The first kappa shape index (κ1) is 15.1. The van der Waals surface area contributed by atoms with Crippen LogP contribution in [-0.2, 0) is 0 Å². The van der Waals surface area contributed by atoms with Crippen LogP contribution in [0.25, 0.3) is 0 Å². The summed E-state index contributed by atoms with van der Waals surface area (Å²) >= 11 is 0. The Kier molecular flexibility index (Phi) is 3.20. The van der Waals surface area contributed by atoms with E-state index in [2.05, 4.69) is 0 Å². The van der Waals surface area contributed by atoms with Crippen LogP contribution in [0.3, 0.4) is 0 Å². The molecule has 0 unspecified atom stereocenters. The molecule has 1 aliphatic heterocycles. The lowest BCUT2D eigenvalue weighted by Crippen LogP contribution is -2.30. The second-order valence-electron chi connectivity index (χ2n) is 4.91. The Morgan fingerprint density at radius 3 is 1.70 bits per heavy atom. The molecule has 0 N–H and O–H groups in total. The second-order valence-corrected chi connectivity index (χ2v) is 4.91. The topological polar surface area (TPSA) is 37.4 Å². The molecule has 0 radical (unpaired) electrons. The van der Waals surface area contributed by atoms with E-state index in [0.29, 0.717) is 5.56 Å². The number of hydrogen-bond acceptors (Lipinski definition) is 2. The third-order valence-electron chi connectivity index (χ3n) is 3.45. The minimum atomic E-state index is -2.21. The van der Waals surface area contributed by atoms with E-state index >= 15 is 0 Å². The van der Waals surface area contributed by atoms with Gasteiger partial charge in [0, 0.05) is 0 Å². The Morgan fingerprint density at radius 2 is 1.26 bits per heavy atom. The SMILES string of the molecule is Cc1ccc(N2C(=O)c3c(F)c(F)c(F)c(F)c3C2=O)c(F)c1. The Hall–Kier alpha value is -2.77. The second kappa shape index (κ2) is 4.87. The zero-order chi connectivity index (χ0) is 17.0. The average molecular weight is 327 g/mol. The summed E-state index contributed by atoms with van der Waals surface area (Å²) in [6, 6.07) is 3.40. The molecule has 23 heavy (non-hydrogen) atoms. The highest BCUT2D eigenvalue weighted by Crippen LogP contribution is 2.35. The highest BCUT2D eigenvalue weighted by atomic mass is 19.2. The summed E-state index contributed by atoms with van der Waals surface area (Å²) in [4.78, 5) is 24.4. The fourth-order valence-corrected chi connectivity index (χ4v) is 2.36. The number of carbonyl (C=O) groups excluding carboxylic acids is 2. The maximum Gasteiger partial charge on any atom is 0.269 e. The third kappa shape index (κ3) is 1.94. The van der Waals surface area contributed by atoms with E-state index < -0.39 is 57.7 Å². The van der Waals surface area contributed by atoms with E-state index in [1.807, 2.05) is 0 Å². The van der Waals surface area contributed by atoms with Crippen LogP contribution in [0, 0.1) is 36.0 Å². The van der Waals surface area contributed by atoms with Crippen molar-refractivity contribution in [3.8, 4) is 0 Å². The summed E-state index contributed by atoms with van der Waals surface area (Å²) in [5.41, 5.74) is -2.61. The first-order chi connectivity index (χ1) is 10.8. The zero-order valence-corrected chi connectivity index (χ0v) is 11.4. The van der Waals surface area contributed by atoms with Crippen molar-refractivity contribution >= 4 is 17.5 Å². The Bertz CT molecular complexity index is 847. The Morgan fingerprint density at radius 1 is 0.783 bits per heavy atom. The molecule has 0 fully saturated rings. The molecule has 3 nitrogen and oxygen atoms in total. The van der Waals surface area contributed by atoms with Gasteiger partial charge in [-0.05, 0) is 24.6 Å². The van der Waals surface area contributed by atoms with Crippen molar-refractivity contribution in [2.75, 3.05) is 4.90 Å². The first-order valence-electron chi connectivity index (χ1n) is 6.26. The number of benzene rings is 2. The fraction of sp³-hybridized carbons (Fsp3) is 0.0667. The van der Waals surface area contributed by atoms with Crippen molar-refractivity contribution < 1.29 is 31.5 Å². The van der Waals surface area contributed by atoms with Gasteiger partial charge in [0.25, 0.3) is 11.8 Å². The molecule has 0 saturated carbocycles. The standard InChI is InChI=1S/C15H6F5NO2/c1-5-2-3-7(6(16)4-5)21-14(22)8-9(15(21)23)11(18)13(20)12(19)10(8)17/h2-4H,1H3. The molecule has 0 aromatic heterocycles. The van der Waals surface area contributed by atoms with Gasteiger partial charge in [-0.1, -0.05) is 6.07 Å². The van der Waals surface area contributed by atoms with Gasteiger partial charge in [0.2, 0.25) is 0 Å². The van der Waals surface area contributed by atoms with Crippen LogP contribution in [0.2, 0.25) is 0 Å². The molecule has 1 aliphatic rings. The molecular formula is C15H6F5NO2. The first-order valence-corrected chi connectivity index (χ1v) is 6.26. The Labute approximate surface area is 125 Å². The largest absolute Gasteiger partial charge is 0.269 e.